The maximum absolute atomic E-state index is 12.0. The van der Waals surface area contributed by atoms with Gasteiger partial charge < -0.3 is 10.1 Å². The van der Waals surface area contributed by atoms with Crippen LogP contribution in [0.5, 0.6) is 5.75 Å². The van der Waals surface area contributed by atoms with Crippen molar-refractivity contribution in [3.8, 4) is 5.75 Å². The Morgan fingerprint density at radius 1 is 1.50 bits per heavy atom. The van der Waals surface area contributed by atoms with Crippen LogP contribution in [0.2, 0.25) is 5.15 Å². The molecule has 7 heteroatoms. The fraction of sp³-hybridized carbons (Fsp3) is 0.176. The van der Waals surface area contributed by atoms with Crippen molar-refractivity contribution in [2.75, 3.05) is 6.54 Å². The molecule has 0 bridgehead atoms. The molecule has 3 heterocycles. The first-order valence-electron chi connectivity index (χ1n) is 7.52. The number of para-hydroxylation sites is 1. The fourth-order valence-electron chi connectivity index (χ4n) is 2.72. The number of hydrogen-bond donors (Lipinski definition) is 1. The second kappa shape index (κ2) is 6.30. The molecule has 0 radical (unpaired) electrons. The van der Waals surface area contributed by atoms with E-state index >= 15 is 0 Å². The van der Waals surface area contributed by atoms with Crippen molar-refractivity contribution in [1.82, 2.24) is 14.7 Å². The predicted molar refractivity (Wildman–Crippen MR) is 94.7 cm³/mol. The Balaban J connectivity index is 1.36. The molecular formula is C17H14ClN3O2S. The van der Waals surface area contributed by atoms with Crippen LogP contribution < -0.4 is 10.1 Å². The zero-order chi connectivity index (χ0) is 16.5. The van der Waals surface area contributed by atoms with Crippen LogP contribution in [0.4, 0.5) is 0 Å². The van der Waals surface area contributed by atoms with Crippen LogP contribution >= 0.6 is 22.9 Å². The summed E-state index contributed by atoms with van der Waals surface area (Å²) in [6.07, 6.45) is 5.80. The lowest BCUT2D eigenvalue weighted by Gasteiger charge is -2.10. The van der Waals surface area contributed by atoms with Crippen molar-refractivity contribution in [1.29, 1.82) is 0 Å². The number of rotatable bonds is 4. The number of nitrogens with zero attached hydrogens (tertiary/aromatic N) is 2. The molecule has 0 unspecified atom stereocenters. The van der Waals surface area contributed by atoms with Crippen molar-refractivity contribution in [3.05, 3.63) is 58.3 Å². The van der Waals surface area contributed by atoms with Gasteiger partial charge in [-0.1, -0.05) is 29.8 Å². The molecule has 4 rings (SSSR count). The Morgan fingerprint density at radius 3 is 3.25 bits per heavy atom. The van der Waals surface area contributed by atoms with E-state index in [1.54, 1.807) is 6.08 Å². The van der Waals surface area contributed by atoms with Gasteiger partial charge in [-0.3, -0.25) is 9.20 Å². The highest BCUT2D eigenvalue weighted by molar-refractivity contribution is 7.15. The highest BCUT2D eigenvalue weighted by Crippen LogP contribution is 2.27. The third-order valence-corrected chi connectivity index (χ3v) is 4.90. The van der Waals surface area contributed by atoms with Gasteiger partial charge in [0.15, 0.2) is 10.1 Å². The monoisotopic (exact) mass is 359 g/mol. The summed E-state index contributed by atoms with van der Waals surface area (Å²) >= 11 is 7.59. The number of amides is 1. The number of ether oxygens (including phenoxy) is 1. The lowest BCUT2D eigenvalue weighted by molar-refractivity contribution is -0.116. The average Bonchev–Trinajstić information content (AvgIpc) is 3.25. The smallest absolute Gasteiger partial charge is 0.244 e. The number of carbonyl (C=O) groups excluding carboxylic acids is 1. The van der Waals surface area contributed by atoms with E-state index in [9.17, 15) is 4.79 Å². The van der Waals surface area contributed by atoms with Crippen LogP contribution in [0, 0.1) is 0 Å². The Kier molecular flexibility index (Phi) is 4.00. The van der Waals surface area contributed by atoms with Gasteiger partial charge >= 0.3 is 0 Å². The summed E-state index contributed by atoms with van der Waals surface area (Å²) in [6, 6.07) is 7.94. The van der Waals surface area contributed by atoms with Crippen LogP contribution in [0.15, 0.2) is 41.9 Å². The number of fused-ring (bicyclic) bond motifs is 2. The second-order valence-corrected chi connectivity index (χ2v) is 6.70. The largest absolute Gasteiger partial charge is 0.488 e. The fourth-order valence-corrected chi connectivity index (χ4v) is 3.73. The zero-order valence-electron chi connectivity index (χ0n) is 12.6. The summed E-state index contributed by atoms with van der Waals surface area (Å²) in [6.45, 7) is 0.464. The number of nitrogens with one attached hydrogen (secondary N) is 1. The van der Waals surface area contributed by atoms with Gasteiger partial charge in [0.25, 0.3) is 0 Å². The normalized spacial score (nSPS) is 16.5. The molecule has 0 saturated carbocycles. The van der Waals surface area contributed by atoms with E-state index in [0.717, 1.165) is 17.1 Å². The Bertz CT molecular complexity index is 906. The molecule has 0 aliphatic carbocycles. The number of halogens is 1. The first-order chi connectivity index (χ1) is 11.7. The topological polar surface area (TPSA) is 55.6 Å². The predicted octanol–water partition coefficient (Wildman–Crippen LogP) is 3.18. The van der Waals surface area contributed by atoms with Crippen molar-refractivity contribution in [3.63, 3.8) is 0 Å². The zero-order valence-corrected chi connectivity index (χ0v) is 14.2. The molecule has 122 valence electrons. The Morgan fingerprint density at radius 2 is 2.38 bits per heavy atom. The lowest BCUT2D eigenvalue weighted by Crippen LogP contribution is -2.33. The molecule has 1 N–H and O–H groups in total. The van der Waals surface area contributed by atoms with Gasteiger partial charge in [-0.2, -0.15) is 0 Å². The van der Waals surface area contributed by atoms with E-state index in [4.69, 9.17) is 16.3 Å². The molecule has 24 heavy (non-hydrogen) atoms. The molecular weight excluding hydrogens is 346 g/mol. The molecule has 0 fully saturated rings. The van der Waals surface area contributed by atoms with E-state index in [-0.39, 0.29) is 12.0 Å². The molecule has 1 aliphatic heterocycles. The van der Waals surface area contributed by atoms with Gasteiger partial charge in [-0.15, -0.1) is 11.3 Å². The van der Waals surface area contributed by atoms with E-state index in [1.165, 1.54) is 23.0 Å². The standard InChI is InChI=1S/C17H14ClN3O2S/c18-16-13(21-7-8-24-17(21)20-16)5-6-15(22)19-10-12-9-11-3-1-2-4-14(11)23-12/h1-8,12H,9-10H2,(H,19,22)/b6-5-/t12-/m0/s1. The summed E-state index contributed by atoms with van der Waals surface area (Å²) in [5.41, 5.74) is 1.88. The molecule has 0 saturated heterocycles. The van der Waals surface area contributed by atoms with Gasteiger partial charge in [0, 0.05) is 24.1 Å². The summed E-state index contributed by atoms with van der Waals surface area (Å²) in [5.74, 6) is 0.717. The summed E-state index contributed by atoms with van der Waals surface area (Å²) < 4.78 is 7.66. The molecule has 1 aliphatic rings. The maximum Gasteiger partial charge on any atom is 0.244 e. The first kappa shape index (κ1) is 15.2. The molecule has 1 amide bonds. The maximum atomic E-state index is 12.0. The lowest BCUT2D eigenvalue weighted by atomic mass is 10.1. The average molecular weight is 360 g/mol. The van der Waals surface area contributed by atoms with Crippen molar-refractivity contribution in [2.45, 2.75) is 12.5 Å². The number of carbonyl (C=O) groups is 1. The Hall–Kier alpha value is -2.31. The summed E-state index contributed by atoms with van der Waals surface area (Å²) in [5, 5.41) is 5.17. The number of aromatic nitrogens is 2. The van der Waals surface area contributed by atoms with Crippen LogP contribution in [0.3, 0.4) is 0 Å². The number of hydrogen-bond acceptors (Lipinski definition) is 4. The summed E-state index contributed by atoms with van der Waals surface area (Å²) in [4.78, 5) is 17.1. The van der Waals surface area contributed by atoms with Crippen molar-refractivity contribution < 1.29 is 9.53 Å². The molecule has 1 atom stereocenters. The van der Waals surface area contributed by atoms with Gasteiger partial charge in [-0.05, 0) is 17.7 Å². The molecule has 3 aromatic rings. The van der Waals surface area contributed by atoms with Crippen LogP contribution in [-0.2, 0) is 11.2 Å². The van der Waals surface area contributed by atoms with E-state index in [2.05, 4.69) is 10.3 Å². The van der Waals surface area contributed by atoms with E-state index in [1.807, 2.05) is 40.2 Å². The molecule has 0 spiro atoms. The Labute approximate surface area is 147 Å². The van der Waals surface area contributed by atoms with Gasteiger partial charge in [0.05, 0.1) is 12.2 Å². The quantitative estimate of drug-likeness (QED) is 0.728. The minimum absolute atomic E-state index is 0.0260. The number of thiazole rings is 1. The molecule has 2 aromatic heterocycles. The van der Waals surface area contributed by atoms with Gasteiger partial charge in [0.1, 0.15) is 11.9 Å². The highest BCUT2D eigenvalue weighted by atomic mass is 35.5. The van der Waals surface area contributed by atoms with Crippen LogP contribution in [0.1, 0.15) is 11.3 Å². The van der Waals surface area contributed by atoms with Gasteiger partial charge in [0.2, 0.25) is 5.91 Å². The van der Waals surface area contributed by atoms with E-state index in [0.29, 0.717) is 17.4 Å². The minimum atomic E-state index is -0.184. The van der Waals surface area contributed by atoms with Crippen molar-refractivity contribution >= 4 is 39.9 Å². The molecule has 1 aromatic carbocycles. The van der Waals surface area contributed by atoms with Crippen LogP contribution in [0.25, 0.3) is 11.0 Å². The second-order valence-electron chi connectivity index (χ2n) is 5.47. The first-order valence-corrected chi connectivity index (χ1v) is 8.78. The number of benzene rings is 1. The third kappa shape index (κ3) is 2.90. The number of imidazole rings is 1. The van der Waals surface area contributed by atoms with E-state index < -0.39 is 0 Å². The highest BCUT2D eigenvalue weighted by Gasteiger charge is 2.22. The SMILES string of the molecule is O=C(/C=C\c1c(Cl)nc2sccn12)NC[C@@H]1Cc2ccccc2O1. The molecule has 5 nitrogen and oxygen atoms in total. The van der Waals surface area contributed by atoms with Crippen molar-refractivity contribution in [2.24, 2.45) is 0 Å². The van der Waals surface area contributed by atoms with Crippen LogP contribution in [-0.4, -0.2) is 27.9 Å². The van der Waals surface area contributed by atoms with Gasteiger partial charge in [-0.25, -0.2) is 4.98 Å². The summed E-state index contributed by atoms with van der Waals surface area (Å²) in [7, 11) is 0. The minimum Gasteiger partial charge on any atom is -0.488 e. The third-order valence-electron chi connectivity index (χ3n) is 3.86.